The highest BCUT2D eigenvalue weighted by atomic mass is 16.5. The first-order valence-electron chi connectivity index (χ1n) is 5.36. The number of esters is 1. The maximum atomic E-state index is 11.8. The summed E-state index contributed by atoms with van der Waals surface area (Å²) in [6, 6.07) is 1.95. The second-order valence-electron chi connectivity index (χ2n) is 3.61. The van der Waals surface area contributed by atoms with E-state index >= 15 is 0 Å². The Kier molecular flexibility index (Phi) is 6.89. The molecule has 98 valence electrons. The molecule has 0 saturated carbocycles. The molecule has 0 bridgehead atoms. The first kappa shape index (κ1) is 15.7. The Morgan fingerprint density at radius 3 is 2.50 bits per heavy atom. The summed E-state index contributed by atoms with van der Waals surface area (Å²) in [7, 11) is 3.53. The highest BCUT2D eigenvalue weighted by molar-refractivity contribution is 5.87. The van der Waals surface area contributed by atoms with Crippen molar-refractivity contribution in [2.45, 2.75) is 13.8 Å². The van der Waals surface area contributed by atoms with Crippen molar-refractivity contribution in [1.29, 1.82) is 5.26 Å². The van der Waals surface area contributed by atoms with Gasteiger partial charge in [-0.05, 0) is 13.8 Å². The maximum absolute atomic E-state index is 11.8. The van der Waals surface area contributed by atoms with Crippen LogP contribution >= 0.6 is 0 Å². The average Bonchev–Trinajstić information content (AvgIpc) is 2.33. The molecule has 0 unspecified atom stereocenters. The van der Waals surface area contributed by atoms with Crippen molar-refractivity contribution < 1.29 is 9.53 Å². The zero-order valence-electron chi connectivity index (χ0n) is 11.2. The summed E-state index contributed by atoms with van der Waals surface area (Å²) in [5.74, 6) is -0.527. The molecular weight excluding hydrogens is 232 g/mol. The smallest absolute Gasteiger partial charge is 0.358 e. The van der Waals surface area contributed by atoms with Gasteiger partial charge in [0.1, 0.15) is 0 Å². The molecule has 0 amide bonds. The summed E-state index contributed by atoms with van der Waals surface area (Å²) in [6.45, 7) is 6.96. The average molecular weight is 250 g/mol. The summed E-state index contributed by atoms with van der Waals surface area (Å²) in [5.41, 5.74) is 0.586. The van der Waals surface area contributed by atoms with Crippen LogP contribution in [0.1, 0.15) is 13.8 Å². The molecular formula is C12H18N4O2. The fraction of sp³-hybridized carbons (Fsp3) is 0.417. The number of hydrogen-bond donors (Lipinski definition) is 0. The molecule has 0 atom stereocenters. The van der Waals surface area contributed by atoms with Gasteiger partial charge in [-0.1, -0.05) is 0 Å². The molecule has 0 aliphatic rings. The van der Waals surface area contributed by atoms with Gasteiger partial charge in [0, 0.05) is 38.8 Å². The highest BCUT2D eigenvalue weighted by Crippen LogP contribution is 2.11. The first-order chi connectivity index (χ1) is 8.46. The monoisotopic (exact) mass is 250 g/mol. The molecule has 0 N–H and O–H groups in total. The molecule has 6 heteroatoms. The molecule has 0 heterocycles. The Balaban J connectivity index is 5.36. The molecule has 6 nitrogen and oxygen atoms in total. The molecule has 0 radical (unpaired) electrons. The SMILES string of the molecule is C=NN(/C=C(\C)C#N)C(=CN(C)C)C(=O)OCC. The third kappa shape index (κ3) is 5.16. The number of carbonyl (C=O) groups is 1. The van der Waals surface area contributed by atoms with Crippen LogP contribution in [0, 0.1) is 11.3 Å². The van der Waals surface area contributed by atoms with Gasteiger partial charge in [0.2, 0.25) is 0 Å². The second-order valence-corrected chi connectivity index (χ2v) is 3.61. The van der Waals surface area contributed by atoms with Crippen molar-refractivity contribution in [3.63, 3.8) is 0 Å². The van der Waals surface area contributed by atoms with E-state index in [0.717, 1.165) is 0 Å². The van der Waals surface area contributed by atoms with Crippen LogP contribution < -0.4 is 0 Å². The molecule has 18 heavy (non-hydrogen) atoms. The fourth-order valence-electron chi connectivity index (χ4n) is 1.05. The van der Waals surface area contributed by atoms with Crippen LogP contribution in [0.25, 0.3) is 0 Å². The van der Waals surface area contributed by atoms with Crippen molar-refractivity contribution >= 4 is 12.7 Å². The minimum absolute atomic E-state index is 0.187. The molecule has 0 fully saturated rings. The Morgan fingerprint density at radius 2 is 2.11 bits per heavy atom. The third-order valence-electron chi connectivity index (χ3n) is 1.76. The highest BCUT2D eigenvalue weighted by Gasteiger charge is 2.17. The van der Waals surface area contributed by atoms with E-state index in [4.69, 9.17) is 10.00 Å². The summed E-state index contributed by atoms with van der Waals surface area (Å²) in [4.78, 5) is 13.5. The lowest BCUT2D eigenvalue weighted by molar-refractivity contribution is -0.140. The van der Waals surface area contributed by atoms with Crippen LogP contribution in [-0.4, -0.2) is 43.3 Å². The Hall–Kier alpha value is -2.29. The summed E-state index contributed by atoms with van der Waals surface area (Å²) >= 11 is 0. The van der Waals surface area contributed by atoms with Crippen LogP contribution in [0.4, 0.5) is 0 Å². The number of carbonyl (C=O) groups excluding carboxylic acids is 1. The van der Waals surface area contributed by atoms with E-state index in [9.17, 15) is 4.79 Å². The van der Waals surface area contributed by atoms with Crippen molar-refractivity contribution in [3.05, 3.63) is 23.7 Å². The second kappa shape index (κ2) is 7.90. The lowest BCUT2D eigenvalue weighted by Crippen LogP contribution is -2.23. The number of nitrogens with zero attached hydrogens (tertiary/aromatic N) is 4. The van der Waals surface area contributed by atoms with Crippen molar-refractivity contribution in [1.82, 2.24) is 9.91 Å². The largest absolute Gasteiger partial charge is 0.461 e. The van der Waals surface area contributed by atoms with Crippen molar-refractivity contribution in [2.24, 2.45) is 5.10 Å². The predicted octanol–water partition coefficient (Wildman–Crippen LogP) is 1.30. The van der Waals surface area contributed by atoms with Gasteiger partial charge in [-0.15, -0.1) is 0 Å². The molecule has 0 aromatic carbocycles. The molecule has 0 aromatic heterocycles. The summed E-state index contributed by atoms with van der Waals surface area (Å²) < 4.78 is 4.93. The number of allylic oxidation sites excluding steroid dienone is 1. The van der Waals surface area contributed by atoms with E-state index in [1.807, 2.05) is 6.07 Å². The van der Waals surface area contributed by atoms with Gasteiger partial charge in [-0.3, -0.25) is 0 Å². The van der Waals surface area contributed by atoms with Gasteiger partial charge in [-0.25, -0.2) is 9.80 Å². The van der Waals surface area contributed by atoms with Gasteiger partial charge in [0.05, 0.1) is 12.7 Å². The number of hydrazone groups is 1. The lowest BCUT2D eigenvalue weighted by atomic mass is 10.3. The molecule has 0 saturated heterocycles. The van der Waals surface area contributed by atoms with Crippen LogP contribution in [0.5, 0.6) is 0 Å². The van der Waals surface area contributed by atoms with Gasteiger partial charge in [0.25, 0.3) is 0 Å². The van der Waals surface area contributed by atoms with Crippen LogP contribution in [0.3, 0.4) is 0 Å². The van der Waals surface area contributed by atoms with E-state index < -0.39 is 5.97 Å². The molecule has 0 spiro atoms. The maximum Gasteiger partial charge on any atom is 0.358 e. The minimum atomic E-state index is -0.527. The van der Waals surface area contributed by atoms with E-state index in [1.165, 1.54) is 11.2 Å². The van der Waals surface area contributed by atoms with Crippen LogP contribution in [0.2, 0.25) is 0 Å². The molecule has 0 aliphatic carbocycles. The first-order valence-corrected chi connectivity index (χ1v) is 5.36. The molecule has 0 aromatic rings. The van der Waals surface area contributed by atoms with Crippen LogP contribution in [-0.2, 0) is 9.53 Å². The predicted molar refractivity (Wildman–Crippen MR) is 69.2 cm³/mol. The topological polar surface area (TPSA) is 68.9 Å². The van der Waals surface area contributed by atoms with E-state index in [0.29, 0.717) is 5.57 Å². The van der Waals surface area contributed by atoms with Gasteiger partial charge >= 0.3 is 5.97 Å². The zero-order chi connectivity index (χ0) is 14.1. The minimum Gasteiger partial charge on any atom is -0.461 e. The number of hydrogen-bond acceptors (Lipinski definition) is 6. The Morgan fingerprint density at radius 1 is 1.50 bits per heavy atom. The van der Waals surface area contributed by atoms with E-state index in [1.54, 1.807) is 39.0 Å². The van der Waals surface area contributed by atoms with E-state index in [-0.39, 0.29) is 12.3 Å². The Labute approximate surface area is 107 Å². The lowest BCUT2D eigenvalue weighted by Gasteiger charge is -2.18. The van der Waals surface area contributed by atoms with Gasteiger partial charge in [-0.2, -0.15) is 10.4 Å². The number of nitriles is 1. The van der Waals surface area contributed by atoms with Gasteiger partial charge in [0.15, 0.2) is 5.70 Å². The van der Waals surface area contributed by atoms with Crippen molar-refractivity contribution in [2.75, 3.05) is 20.7 Å². The standard InChI is InChI=1S/C12H18N4O2/c1-6-18-12(17)11(9-15(4)5)16(14-3)8-10(2)7-13/h8-9H,3,6H2,1-2,4-5H3/b10-8+,11-9?. The van der Waals surface area contributed by atoms with Gasteiger partial charge < -0.3 is 9.64 Å². The van der Waals surface area contributed by atoms with Crippen LogP contribution in [0.15, 0.2) is 28.8 Å². The fourth-order valence-corrected chi connectivity index (χ4v) is 1.05. The quantitative estimate of drug-likeness (QED) is 0.234. The summed E-state index contributed by atoms with van der Waals surface area (Å²) in [5, 5.41) is 13.6. The molecule has 0 aliphatic heterocycles. The zero-order valence-corrected chi connectivity index (χ0v) is 11.2. The Bertz CT molecular complexity index is 405. The normalized spacial score (nSPS) is 11.5. The molecule has 0 rings (SSSR count). The number of ether oxygens (including phenoxy) is 1. The third-order valence-corrected chi connectivity index (χ3v) is 1.76. The van der Waals surface area contributed by atoms with E-state index in [2.05, 4.69) is 11.8 Å². The number of rotatable bonds is 6. The summed E-state index contributed by atoms with van der Waals surface area (Å²) in [6.07, 6.45) is 2.97. The van der Waals surface area contributed by atoms with Crippen molar-refractivity contribution in [3.8, 4) is 6.07 Å².